The molecule has 0 bridgehead atoms. The van der Waals surface area contributed by atoms with E-state index in [1.54, 1.807) is 12.1 Å². The van der Waals surface area contributed by atoms with Crippen LogP contribution in [0, 0.1) is 11.7 Å². The molecule has 3 rings (SSSR count). The van der Waals surface area contributed by atoms with E-state index in [1.807, 2.05) is 4.90 Å². The summed E-state index contributed by atoms with van der Waals surface area (Å²) in [5, 5.41) is 3.45. The van der Waals surface area contributed by atoms with Gasteiger partial charge in [-0.05, 0) is 50.0 Å². The van der Waals surface area contributed by atoms with Gasteiger partial charge in [0.05, 0.1) is 0 Å². The van der Waals surface area contributed by atoms with Crippen molar-refractivity contribution in [2.45, 2.75) is 12.8 Å². The molecule has 1 aromatic rings. The van der Waals surface area contributed by atoms with Crippen molar-refractivity contribution in [1.29, 1.82) is 0 Å². The summed E-state index contributed by atoms with van der Waals surface area (Å²) in [6.45, 7) is 6.67. The van der Waals surface area contributed by atoms with Crippen LogP contribution in [-0.4, -0.2) is 61.5 Å². The summed E-state index contributed by atoms with van der Waals surface area (Å²) in [7, 11) is 0. The average Bonchev–Trinajstić information content (AvgIpc) is 2.56. The molecule has 1 amide bonds. The predicted molar refractivity (Wildman–Crippen MR) is 84.3 cm³/mol. The molecule has 0 saturated carbocycles. The highest BCUT2D eigenvalue weighted by Crippen LogP contribution is 2.15. The Morgan fingerprint density at radius 3 is 2.77 bits per heavy atom. The molecule has 0 aliphatic carbocycles. The van der Waals surface area contributed by atoms with Crippen LogP contribution in [0.5, 0.6) is 0 Å². The van der Waals surface area contributed by atoms with E-state index < -0.39 is 0 Å². The lowest BCUT2D eigenvalue weighted by atomic mass is 9.99. The molecule has 1 atom stereocenters. The van der Waals surface area contributed by atoms with Gasteiger partial charge < -0.3 is 10.2 Å². The third kappa shape index (κ3) is 3.84. The Kier molecular flexibility index (Phi) is 5.05. The molecule has 5 heteroatoms. The smallest absolute Gasteiger partial charge is 0.254 e. The minimum Gasteiger partial charge on any atom is -0.336 e. The number of hydrogen-bond acceptors (Lipinski definition) is 3. The highest BCUT2D eigenvalue weighted by atomic mass is 19.1. The molecule has 2 fully saturated rings. The van der Waals surface area contributed by atoms with Crippen LogP contribution in [0.3, 0.4) is 0 Å². The van der Waals surface area contributed by atoms with Crippen LogP contribution >= 0.6 is 0 Å². The van der Waals surface area contributed by atoms with Crippen LogP contribution in [0.15, 0.2) is 24.3 Å². The van der Waals surface area contributed by atoms with Gasteiger partial charge in [-0.2, -0.15) is 0 Å². The lowest BCUT2D eigenvalue weighted by Crippen LogP contribution is -2.50. The molecule has 120 valence electrons. The number of rotatable bonds is 3. The number of nitrogens with one attached hydrogen (secondary N) is 1. The van der Waals surface area contributed by atoms with Crippen molar-refractivity contribution in [3.63, 3.8) is 0 Å². The molecular formula is C17H24FN3O. The van der Waals surface area contributed by atoms with Gasteiger partial charge in [0.25, 0.3) is 5.91 Å². The van der Waals surface area contributed by atoms with E-state index in [9.17, 15) is 9.18 Å². The first-order valence-electron chi connectivity index (χ1n) is 8.20. The fraction of sp³-hybridized carbons (Fsp3) is 0.588. The molecular weight excluding hydrogens is 281 g/mol. The lowest BCUT2D eigenvalue weighted by molar-refractivity contribution is 0.0609. The van der Waals surface area contributed by atoms with E-state index in [2.05, 4.69) is 10.2 Å². The number of piperidine rings is 1. The van der Waals surface area contributed by atoms with E-state index in [-0.39, 0.29) is 11.7 Å². The van der Waals surface area contributed by atoms with Crippen molar-refractivity contribution >= 4 is 5.91 Å². The zero-order valence-corrected chi connectivity index (χ0v) is 12.9. The summed E-state index contributed by atoms with van der Waals surface area (Å²) in [5.74, 6) is 0.326. The van der Waals surface area contributed by atoms with Crippen LogP contribution in [0.25, 0.3) is 0 Å². The van der Waals surface area contributed by atoms with Gasteiger partial charge in [0.1, 0.15) is 5.82 Å². The Hall–Kier alpha value is -1.46. The highest BCUT2D eigenvalue weighted by Gasteiger charge is 2.24. The van der Waals surface area contributed by atoms with Crippen LogP contribution in [0.4, 0.5) is 4.39 Å². The Morgan fingerprint density at radius 1 is 1.27 bits per heavy atom. The van der Waals surface area contributed by atoms with Gasteiger partial charge in [-0.1, -0.05) is 6.07 Å². The van der Waals surface area contributed by atoms with E-state index in [1.165, 1.54) is 25.0 Å². The standard InChI is InChI=1S/C17H24FN3O/c18-16-5-1-4-15(11-16)17(22)21-9-7-20(8-10-21)13-14-3-2-6-19-12-14/h1,4-5,11,14,19H,2-3,6-10,12-13H2. The predicted octanol–water partition coefficient (Wildman–Crippen LogP) is 1.58. The second-order valence-corrected chi connectivity index (χ2v) is 6.32. The molecule has 1 N–H and O–H groups in total. The second-order valence-electron chi connectivity index (χ2n) is 6.32. The van der Waals surface area contributed by atoms with E-state index in [0.717, 1.165) is 51.7 Å². The van der Waals surface area contributed by atoms with Crippen molar-refractivity contribution in [3.8, 4) is 0 Å². The Labute approximate surface area is 131 Å². The first-order valence-corrected chi connectivity index (χ1v) is 8.20. The number of carbonyl (C=O) groups is 1. The Morgan fingerprint density at radius 2 is 2.09 bits per heavy atom. The van der Waals surface area contributed by atoms with Gasteiger partial charge in [0.2, 0.25) is 0 Å². The largest absolute Gasteiger partial charge is 0.336 e. The van der Waals surface area contributed by atoms with Crippen molar-refractivity contribution in [2.75, 3.05) is 45.8 Å². The summed E-state index contributed by atoms with van der Waals surface area (Å²) in [4.78, 5) is 16.7. The third-order valence-corrected chi connectivity index (χ3v) is 4.65. The minimum atomic E-state index is -0.353. The first kappa shape index (κ1) is 15.4. The zero-order valence-electron chi connectivity index (χ0n) is 12.9. The molecule has 2 aliphatic rings. The molecule has 1 aromatic carbocycles. The number of amides is 1. The molecule has 22 heavy (non-hydrogen) atoms. The summed E-state index contributed by atoms with van der Waals surface area (Å²) in [6, 6.07) is 5.97. The molecule has 1 unspecified atom stereocenters. The van der Waals surface area contributed by atoms with Crippen LogP contribution in [0.2, 0.25) is 0 Å². The van der Waals surface area contributed by atoms with Crippen LogP contribution < -0.4 is 5.32 Å². The van der Waals surface area contributed by atoms with E-state index in [0.29, 0.717) is 5.56 Å². The second kappa shape index (κ2) is 7.20. The van der Waals surface area contributed by atoms with Gasteiger partial charge in [-0.3, -0.25) is 9.69 Å². The number of carbonyl (C=O) groups excluding carboxylic acids is 1. The topological polar surface area (TPSA) is 35.6 Å². The Balaban J connectivity index is 1.49. The molecule has 0 radical (unpaired) electrons. The summed E-state index contributed by atoms with van der Waals surface area (Å²) in [6.07, 6.45) is 2.57. The van der Waals surface area contributed by atoms with Crippen molar-refractivity contribution in [3.05, 3.63) is 35.6 Å². The molecule has 2 aliphatic heterocycles. The van der Waals surface area contributed by atoms with Gasteiger partial charge in [-0.15, -0.1) is 0 Å². The molecule has 0 aromatic heterocycles. The molecule has 0 spiro atoms. The highest BCUT2D eigenvalue weighted by molar-refractivity contribution is 5.94. The van der Waals surface area contributed by atoms with Gasteiger partial charge in [0.15, 0.2) is 0 Å². The summed E-state index contributed by atoms with van der Waals surface area (Å²) >= 11 is 0. The van der Waals surface area contributed by atoms with Gasteiger partial charge in [-0.25, -0.2) is 4.39 Å². The van der Waals surface area contributed by atoms with Crippen LogP contribution in [-0.2, 0) is 0 Å². The van der Waals surface area contributed by atoms with Gasteiger partial charge in [0, 0.05) is 38.3 Å². The Bertz CT molecular complexity index is 508. The van der Waals surface area contributed by atoms with E-state index >= 15 is 0 Å². The molecule has 2 heterocycles. The summed E-state index contributed by atoms with van der Waals surface area (Å²) in [5.41, 5.74) is 0.449. The van der Waals surface area contributed by atoms with Crippen molar-refractivity contribution in [2.24, 2.45) is 5.92 Å². The number of benzene rings is 1. The number of hydrogen-bond donors (Lipinski definition) is 1. The van der Waals surface area contributed by atoms with Crippen molar-refractivity contribution in [1.82, 2.24) is 15.1 Å². The maximum Gasteiger partial charge on any atom is 0.254 e. The lowest BCUT2D eigenvalue weighted by Gasteiger charge is -2.37. The van der Waals surface area contributed by atoms with E-state index in [4.69, 9.17) is 0 Å². The average molecular weight is 305 g/mol. The minimum absolute atomic E-state index is 0.0570. The van der Waals surface area contributed by atoms with Gasteiger partial charge >= 0.3 is 0 Å². The SMILES string of the molecule is O=C(c1cccc(F)c1)N1CCN(CC2CCCNC2)CC1. The fourth-order valence-electron chi connectivity index (χ4n) is 3.38. The van der Waals surface area contributed by atoms with Crippen molar-refractivity contribution < 1.29 is 9.18 Å². The zero-order chi connectivity index (χ0) is 15.4. The molecule has 2 saturated heterocycles. The normalized spacial score (nSPS) is 23.5. The number of piperazine rings is 1. The maximum absolute atomic E-state index is 13.2. The fourth-order valence-corrected chi connectivity index (χ4v) is 3.38. The maximum atomic E-state index is 13.2. The number of nitrogens with zero attached hydrogens (tertiary/aromatic N) is 2. The molecule has 4 nitrogen and oxygen atoms in total. The number of halogens is 1. The third-order valence-electron chi connectivity index (χ3n) is 4.65. The first-order chi connectivity index (χ1) is 10.7. The van der Waals surface area contributed by atoms with Crippen LogP contribution in [0.1, 0.15) is 23.2 Å². The monoisotopic (exact) mass is 305 g/mol. The summed E-state index contributed by atoms with van der Waals surface area (Å²) < 4.78 is 13.2. The quantitative estimate of drug-likeness (QED) is 0.921.